The third kappa shape index (κ3) is 3.30. The number of primary amides is 1. The molecule has 0 saturated carbocycles. The van der Waals surface area contributed by atoms with Crippen molar-refractivity contribution in [3.8, 4) is 0 Å². The molecule has 2 amide bonds. The number of nitrogens with two attached hydrogens (primary N) is 1. The van der Waals surface area contributed by atoms with Crippen LogP contribution < -0.4 is 16.4 Å². The van der Waals surface area contributed by atoms with Crippen molar-refractivity contribution in [3.63, 3.8) is 0 Å². The second-order valence-corrected chi connectivity index (χ2v) is 2.98. The molecule has 0 fully saturated rings. The summed E-state index contributed by atoms with van der Waals surface area (Å²) in [6.07, 6.45) is 0. The van der Waals surface area contributed by atoms with E-state index in [0.717, 1.165) is 5.69 Å². The fourth-order valence-electron chi connectivity index (χ4n) is 1.06. The summed E-state index contributed by atoms with van der Waals surface area (Å²) in [4.78, 5) is 21.8. The second-order valence-electron chi connectivity index (χ2n) is 2.98. The molecule has 0 saturated heterocycles. The first-order valence-corrected chi connectivity index (χ1v) is 4.48. The van der Waals surface area contributed by atoms with Crippen LogP contribution in [0.2, 0.25) is 0 Å². The van der Waals surface area contributed by atoms with E-state index in [2.05, 4.69) is 10.6 Å². The summed E-state index contributed by atoms with van der Waals surface area (Å²) in [6.45, 7) is -0.146. The molecule has 15 heavy (non-hydrogen) atoms. The molecular formula is C10H13N3O2. The summed E-state index contributed by atoms with van der Waals surface area (Å²) < 4.78 is 0. The van der Waals surface area contributed by atoms with E-state index in [1.807, 2.05) is 0 Å². The number of nitrogens with one attached hydrogen (secondary N) is 2. The van der Waals surface area contributed by atoms with Crippen LogP contribution in [0.15, 0.2) is 24.3 Å². The summed E-state index contributed by atoms with van der Waals surface area (Å²) in [5.41, 5.74) is 6.31. The van der Waals surface area contributed by atoms with Crippen LogP contribution in [0.4, 0.5) is 5.69 Å². The van der Waals surface area contributed by atoms with E-state index in [1.165, 1.54) is 0 Å². The fraction of sp³-hybridized carbons (Fsp3) is 0.200. The zero-order valence-electron chi connectivity index (χ0n) is 8.41. The van der Waals surface area contributed by atoms with Crippen LogP contribution in [0.25, 0.3) is 0 Å². The molecule has 0 unspecified atom stereocenters. The highest BCUT2D eigenvalue weighted by molar-refractivity contribution is 5.96. The van der Waals surface area contributed by atoms with Gasteiger partial charge in [0.15, 0.2) is 0 Å². The van der Waals surface area contributed by atoms with Crippen molar-refractivity contribution >= 4 is 17.5 Å². The van der Waals surface area contributed by atoms with Crippen molar-refractivity contribution in [1.82, 2.24) is 5.32 Å². The minimum Gasteiger partial charge on any atom is -0.388 e. The average Bonchev–Trinajstić information content (AvgIpc) is 2.26. The van der Waals surface area contributed by atoms with Gasteiger partial charge < -0.3 is 16.4 Å². The van der Waals surface area contributed by atoms with Crippen LogP contribution in [0.1, 0.15) is 10.4 Å². The molecule has 0 atom stereocenters. The number of hydrogen-bond acceptors (Lipinski definition) is 3. The van der Waals surface area contributed by atoms with Gasteiger partial charge >= 0.3 is 0 Å². The number of anilines is 1. The molecule has 0 aliphatic carbocycles. The Balaban J connectivity index is 2.62. The van der Waals surface area contributed by atoms with E-state index in [-0.39, 0.29) is 12.5 Å². The minimum atomic E-state index is -0.560. The second kappa shape index (κ2) is 4.99. The predicted octanol–water partition coefficient (Wildman–Crippen LogP) is -0.0566. The molecule has 0 heterocycles. The minimum absolute atomic E-state index is 0.146. The maximum Gasteiger partial charge on any atom is 0.251 e. The topological polar surface area (TPSA) is 84.2 Å². The summed E-state index contributed by atoms with van der Waals surface area (Å²) in [5, 5.41) is 5.34. The average molecular weight is 207 g/mol. The number of carbonyl (C=O) groups is 2. The van der Waals surface area contributed by atoms with Gasteiger partial charge in [-0.05, 0) is 24.3 Å². The normalized spacial score (nSPS) is 9.40. The first-order valence-electron chi connectivity index (χ1n) is 4.48. The number of rotatable bonds is 4. The summed E-state index contributed by atoms with van der Waals surface area (Å²) in [6, 6.07) is 6.89. The van der Waals surface area contributed by atoms with Gasteiger partial charge in [-0.15, -0.1) is 0 Å². The van der Waals surface area contributed by atoms with Crippen LogP contribution in [-0.4, -0.2) is 25.4 Å². The SMILES string of the molecule is CNc1ccc(C(=O)NCC(N)=O)cc1. The van der Waals surface area contributed by atoms with Crippen molar-refractivity contribution in [1.29, 1.82) is 0 Å². The van der Waals surface area contributed by atoms with Crippen LogP contribution >= 0.6 is 0 Å². The van der Waals surface area contributed by atoms with E-state index in [0.29, 0.717) is 5.56 Å². The van der Waals surface area contributed by atoms with Gasteiger partial charge in [0, 0.05) is 18.3 Å². The predicted molar refractivity (Wildman–Crippen MR) is 57.5 cm³/mol. The molecule has 1 aromatic carbocycles. The Labute approximate surface area is 87.7 Å². The van der Waals surface area contributed by atoms with Crippen LogP contribution in [0.3, 0.4) is 0 Å². The van der Waals surface area contributed by atoms with Gasteiger partial charge in [-0.25, -0.2) is 0 Å². The third-order valence-electron chi connectivity index (χ3n) is 1.86. The lowest BCUT2D eigenvalue weighted by Crippen LogP contribution is -2.33. The fourth-order valence-corrected chi connectivity index (χ4v) is 1.06. The first kappa shape index (κ1) is 11.0. The Morgan fingerprint density at radius 1 is 1.27 bits per heavy atom. The number of benzene rings is 1. The molecular weight excluding hydrogens is 194 g/mol. The van der Waals surface area contributed by atoms with Gasteiger partial charge in [-0.2, -0.15) is 0 Å². The van der Waals surface area contributed by atoms with Crippen molar-refractivity contribution in [2.24, 2.45) is 5.73 Å². The largest absolute Gasteiger partial charge is 0.388 e. The third-order valence-corrected chi connectivity index (χ3v) is 1.86. The van der Waals surface area contributed by atoms with E-state index in [1.54, 1.807) is 31.3 Å². The maximum atomic E-state index is 11.4. The summed E-state index contributed by atoms with van der Waals surface area (Å²) in [7, 11) is 1.79. The molecule has 80 valence electrons. The highest BCUT2D eigenvalue weighted by atomic mass is 16.2. The van der Waals surface area contributed by atoms with E-state index >= 15 is 0 Å². The molecule has 5 nitrogen and oxygen atoms in total. The molecule has 0 radical (unpaired) electrons. The standard InChI is InChI=1S/C10H13N3O2/c1-12-8-4-2-7(3-5-8)10(15)13-6-9(11)14/h2-5,12H,6H2,1H3,(H2,11,14)(H,13,15). The smallest absolute Gasteiger partial charge is 0.251 e. The monoisotopic (exact) mass is 207 g/mol. The molecule has 0 aliphatic rings. The van der Waals surface area contributed by atoms with E-state index < -0.39 is 5.91 Å². The van der Waals surface area contributed by atoms with Crippen molar-refractivity contribution < 1.29 is 9.59 Å². The molecule has 5 heteroatoms. The lowest BCUT2D eigenvalue weighted by molar-refractivity contribution is -0.117. The number of carbonyl (C=O) groups excluding carboxylic acids is 2. The lowest BCUT2D eigenvalue weighted by Gasteiger charge is -2.04. The zero-order chi connectivity index (χ0) is 11.3. The van der Waals surface area contributed by atoms with Gasteiger partial charge in [0.2, 0.25) is 5.91 Å². The Bertz CT molecular complexity index is 359. The molecule has 0 aliphatic heterocycles. The Morgan fingerprint density at radius 3 is 2.33 bits per heavy atom. The van der Waals surface area contributed by atoms with Crippen molar-refractivity contribution in [3.05, 3.63) is 29.8 Å². The Kier molecular flexibility index (Phi) is 3.68. The van der Waals surface area contributed by atoms with Gasteiger partial charge in [0.25, 0.3) is 5.91 Å². The van der Waals surface area contributed by atoms with Crippen LogP contribution in [-0.2, 0) is 4.79 Å². The molecule has 0 spiro atoms. The highest BCUT2D eigenvalue weighted by Gasteiger charge is 2.05. The van der Waals surface area contributed by atoms with Gasteiger partial charge in [-0.3, -0.25) is 9.59 Å². The zero-order valence-corrected chi connectivity index (χ0v) is 8.41. The number of amides is 2. The van der Waals surface area contributed by atoms with E-state index in [9.17, 15) is 9.59 Å². The summed E-state index contributed by atoms with van der Waals surface area (Å²) >= 11 is 0. The van der Waals surface area contributed by atoms with Gasteiger partial charge in [0.05, 0.1) is 6.54 Å². The van der Waals surface area contributed by atoms with Crippen LogP contribution in [0, 0.1) is 0 Å². The Hall–Kier alpha value is -2.04. The van der Waals surface area contributed by atoms with Crippen molar-refractivity contribution in [2.75, 3.05) is 18.9 Å². The maximum absolute atomic E-state index is 11.4. The van der Waals surface area contributed by atoms with Crippen molar-refractivity contribution in [2.45, 2.75) is 0 Å². The first-order chi connectivity index (χ1) is 7.13. The van der Waals surface area contributed by atoms with Crippen LogP contribution in [0.5, 0.6) is 0 Å². The highest BCUT2D eigenvalue weighted by Crippen LogP contribution is 2.07. The molecule has 1 rings (SSSR count). The van der Waals surface area contributed by atoms with Gasteiger partial charge in [-0.1, -0.05) is 0 Å². The molecule has 0 bridgehead atoms. The number of hydrogen-bond donors (Lipinski definition) is 3. The van der Waals surface area contributed by atoms with E-state index in [4.69, 9.17) is 5.73 Å². The Morgan fingerprint density at radius 2 is 1.87 bits per heavy atom. The molecule has 1 aromatic rings. The lowest BCUT2D eigenvalue weighted by atomic mass is 10.2. The quantitative estimate of drug-likeness (QED) is 0.646. The summed E-state index contributed by atoms with van der Waals surface area (Å²) in [5.74, 6) is -0.869. The van der Waals surface area contributed by atoms with Gasteiger partial charge in [0.1, 0.15) is 0 Å². The molecule has 0 aromatic heterocycles. The molecule has 4 N–H and O–H groups in total.